The molecule has 2 saturated carbocycles. The smallest absolute Gasteiger partial charge is 0.0127 e. The molecule has 82 valence electrons. The highest BCUT2D eigenvalue weighted by molar-refractivity contribution is 5.85. The van der Waals surface area contributed by atoms with Crippen LogP contribution in [-0.4, -0.2) is 37.1 Å². The third-order valence-electron chi connectivity index (χ3n) is 4.32. The van der Waals surface area contributed by atoms with Crippen molar-refractivity contribution in [1.29, 1.82) is 0 Å². The predicted octanol–water partition coefficient (Wildman–Crippen LogP) is 1.50. The van der Waals surface area contributed by atoms with Gasteiger partial charge in [0.1, 0.15) is 0 Å². The van der Waals surface area contributed by atoms with E-state index < -0.39 is 0 Å². The maximum absolute atomic E-state index is 3.44. The maximum Gasteiger partial charge on any atom is 0.0127 e. The molecule has 2 aliphatic carbocycles. The van der Waals surface area contributed by atoms with Gasteiger partial charge in [-0.15, -0.1) is 12.4 Å². The standard InChI is InChI=1S/C11H20N2.ClH/c1-2-10-7-9(1)8-11(10)13-5-3-12-4-6-13;/h9-12H,1-8H2;1H. The molecule has 3 rings (SSSR count). The first-order valence-electron chi connectivity index (χ1n) is 5.88. The Kier molecular flexibility index (Phi) is 3.35. The van der Waals surface area contributed by atoms with Crippen LogP contribution < -0.4 is 5.32 Å². The van der Waals surface area contributed by atoms with Crippen LogP contribution in [0.3, 0.4) is 0 Å². The Hall–Kier alpha value is 0.210. The average molecular weight is 217 g/mol. The first-order chi connectivity index (χ1) is 6.43. The number of fused-ring (bicyclic) bond motifs is 2. The quantitative estimate of drug-likeness (QED) is 0.715. The van der Waals surface area contributed by atoms with Gasteiger partial charge in [0.25, 0.3) is 0 Å². The molecule has 2 bridgehead atoms. The Labute approximate surface area is 92.8 Å². The van der Waals surface area contributed by atoms with Crippen molar-refractivity contribution in [2.24, 2.45) is 11.8 Å². The zero-order chi connectivity index (χ0) is 8.67. The summed E-state index contributed by atoms with van der Waals surface area (Å²) in [4.78, 5) is 2.75. The molecule has 3 fully saturated rings. The van der Waals surface area contributed by atoms with Gasteiger partial charge in [0.05, 0.1) is 0 Å². The van der Waals surface area contributed by atoms with Crippen LogP contribution >= 0.6 is 12.4 Å². The van der Waals surface area contributed by atoms with E-state index in [2.05, 4.69) is 10.2 Å². The van der Waals surface area contributed by atoms with Gasteiger partial charge < -0.3 is 5.32 Å². The fourth-order valence-electron chi connectivity index (χ4n) is 3.67. The number of halogens is 1. The van der Waals surface area contributed by atoms with Crippen molar-refractivity contribution < 1.29 is 0 Å². The van der Waals surface area contributed by atoms with Crippen molar-refractivity contribution in [1.82, 2.24) is 10.2 Å². The second-order valence-corrected chi connectivity index (χ2v) is 5.03. The van der Waals surface area contributed by atoms with Crippen molar-refractivity contribution >= 4 is 12.4 Å². The normalized spacial score (nSPS) is 42.4. The van der Waals surface area contributed by atoms with Crippen molar-refractivity contribution in [3.63, 3.8) is 0 Å². The van der Waals surface area contributed by atoms with E-state index in [1.54, 1.807) is 6.42 Å². The largest absolute Gasteiger partial charge is 0.314 e. The molecule has 1 N–H and O–H groups in total. The van der Waals surface area contributed by atoms with Crippen molar-refractivity contribution in [3.8, 4) is 0 Å². The second kappa shape index (κ2) is 4.38. The molecule has 3 unspecified atom stereocenters. The van der Waals surface area contributed by atoms with Gasteiger partial charge in [-0.3, -0.25) is 4.90 Å². The molecular formula is C11H21ClN2. The lowest BCUT2D eigenvalue weighted by molar-refractivity contribution is 0.126. The van der Waals surface area contributed by atoms with Crippen LogP contribution in [0.4, 0.5) is 0 Å². The van der Waals surface area contributed by atoms with Crippen molar-refractivity contribution in [2.45, 2.75) is 31.7 Å². The Morgan fingerprint density at radius 3 is 2.36 bits per heavy atom. The third kappa shape index (κ3) is 1.80. The van der Waals surface area contributed by atoms with Crippen LogP contribution in [-0.2, 0) is 0 Å². The SMILES string of the molecule is C1CN(C2CC3CCC2C3)CCN1.Cl. The highest BCUT2D eigenvalue weighted by Crippen LogP contribution is 2.46. The summed E-state index contributed by atoms with van der Waals surface area (Å²) in [7, 11) is 0. The van der Waals surface area contributed by atoms with Crippen LogP contribution in [0, 0.1) is 11.8 Å². The van der Waals surface area contributed by atoms with Gasteiger partial charge in [-0.25, -0.2) is 0 Å². The lowest BCUT2D eigenvalue weighted by atomic mass is 9.93. The molecule has 14 heavy (non-hydrogen) atoms. The lowest BCUT2D eigenvalue weighted by Gasteiger charge is -2.37. The molecule has 1 aliphatic heterocycles. The number of hydrogen-bond acceptors (Lipinski definition) is 2. The number of piperazine rings is 1. The number of nitrogens with zero attached hydrogens (tertiary/aromatic N) is 1. The van der Waals surface area contributed by atoms with Crippen molar-refractivity contribution in [3.05, 3.63) is 0 Å². The molecule has 0 amide bonds. The summed E-state index contributed by atoms with van der Waals surface area (Å²) in [6.07, 6.45) is 6.13. The third-order valence-corrected chi connectivity index (χ3v) is 4.32. The monoisotopic (exact) mass is 216 g/mol. The van der Waals surface area contributed by atoms with Crippen LogP contribution in [0.25, 0.3) is 0 Å². The molecular weight excluding hydrogens is 196 g/mol. The van der Waals surface area contributed by atoms with E-state index in [-0.39, 0.29) is 12.4 Å². The zero-order valence-electron chi connectivity index (χ0n) is 8.74. The zero-order valence-corrected chi connectivity index (χ0v) is 9.56. The second-order valence-electron chi connectivity index (χ2n) is 5.03. The van der Waals surface area contributed by atoms with E-state index >= 15 is 0 Å². The summed E-state index contributed by atoms with van der Waals surface area (Å²) in [5.74, 6) is 2.17. The van der Waals surface area contributed by atoms with E-state index in [0.29, 0.717) is 0 Å². The maximum atomic E-state index is 3.44. The predicted molar refractivity (Wildman–Crippen MR) is 60.9 cm³/mol. The molecule has 0 aromatic rings. The van der Waals surface area contributed by atoms with Crippen molar-refractivity contribution in [2.75, 3.05) is 26.2 Å². The summed E-state index contributed by atoms with van der Waals surface area (Å²) in [5, 5.41) is 3.44. The summed E-state index contributed by atoms with van der Waals surface area (Å²) < 4.78 is 0. The minimum absolute atomic E-state index is 0. The fourth-order valence-corrected chi connectivity index (χ4v) is 3.67. The van der Waals surface area contributed by atoms with Gasteiger partial charge >= 0.3 is 0 Å². The molecule has 0 aromatic carbocycles. The summed E-state index contributed by atoms with van der Waals surface area (Å²) in [6, 6.07) is 0.973. The summed E-state index contributed by atoms with van der Waals surface area (Å²) in [5.41, 5.74) is 0. The molecule has 0 spiro atoms. The fraction of sp³-hybridized carbons (Fsp3) is 1.00. The van der Waals surface area contributed by atoms with Gasteiger partial charge in [0.15, 0.2) is 0 Å². The van der Waals surface area contributed by atoms with Crippen LogP contribution in [0.5, 0.6) is 0 Å². The highest BCUT2D eigenvalue weighted by Gasteiger charge is 2.42. The topological polar surface area (TPSA) is 15.3 Å². The van der Waals surface area contributed by atoms with Gasteiger partial charge in [0.2, 0.25) is 0 Å². The van der Waals surface area contributed by atoms with Gasteiger partial charge in [-0.05, 0) is 31.1 Å². The molecule has 3 aliphatic rings. The van der Waals surface area contributed by atoms with Crippen LogP contribution in [0.15, 0.2) is 0 Å². The summed E-state index contributed by atoms with van der Waals surface area (Å²) in [6.45, 7) is 5.03. The van der Waals surface area contributed by atoms with Crippen LogP contribution in [0.2, 0.25) is 0 Å². The number of hydrogen-bond donors (Lipinski definition) is 1. The number of nitrogens with one attached hydrogen (secondary N) is 1. The Morgan fingerprint density at radius 1 is 1.00 bits per heavy atom. The molecule has 3 atom stereocenters. The first-order valence-corrected chi connectivity index (χ1v) is 5.88. The molecule has 3 heteroatoms. The van der Waals surface area contributed by atoms with E-state index in [9.17, 15) is 0 Å². The Balaban J connectivity index is 0.000000750. The van der Waals surface area contributed by atoms with E-state index in [0.717, 1.165) is 17.9 Å². The number of rotatable bonds is 1. The van der Waals surface area contributed by atoms with Crippen LogP contribution in [0.1, 0.15) is 25.7 Å². The van der Waals surface area contributed by atoms with E-state index in [4.69, 9.17) is 0 Å². The highest BCUT2D eigenvalue weighted by atomic mass is 35.5. The van der Waals surface area contributed by atoms with Gasteiger partial charge in [-0.2, -0.15) is 0 Å². The van der Waals surface area contributed by atoms with Gasteiger partial charge in [0, 0.05) is 32.2 Å². The Bertz CT molecular complexity index is 192. The molecule has 1 heterocycles. The molecule has 0 aromatic heterocycles. The van der Waals surface area contributed by atoms with E-state index in [1.165, 1.54) is 45.4 Å². The Morgan fingerprint density at radius 2 is 1.79 bits per heavy atom. The minimum Gasteiger partial charge on any atom is -0.314 e. The minimum atomic E-state index is 0. The van der Waals surface area contributed by atoms with Gasteiger partial charge in [-0.1, -0.05) is 6.42 Å². The molecule has 0 radical (unpaired) electrons. The molecule has 2 nitrogen and oxygen atoms in total. The van der Waals surface area contributed by atoms with E-state index in [1.807, 2.05) is 0 Å². The average Bonchev–Trinajstić information content (AvgIpc) is 2.80. The lowest BCUT2D eigenvalue weighted by Crippen LogP contribution is -2.50. The first kappa shape index (κ1) is 10.7. The summed E-state index contributed by atoms with van der Waals surface area (Å²) >= 11 is 0. The molecule has 1 saturated heterocycles.